The van der Waals surface area contributed by atoms with E-state index in [1.165, 1.54) is 12.1 Å². The Morgan fingerprint density at radius 3 is 2.35 bits per heavy atom. The Labute approximate surface area is 132 Å². The molecule has 1 aromatic carbocycles. The van der Waals surface area contributed by atoms with Crippen LogP contribution in [0.1, 0.15) is 12.8 Å². The Morgan fingerprint density at radius 2 is 1.85 bits per heavy atom. The van der Waals surface area contributed by atoms with Gasteiger partial charge in [-0.1, -0.05) is 34.8 Å². The predicted molar refractivity (Wildman–Crippen MR) is 81.5 cm³/mol. The minimum Gasteiger partial charge on any atom is -0.324 e. The maximum absolute atomic E-state index is 11.9. The SMILES string of the molecule is O=C(C[C@@H]1CCS(=O)(=O)C1)Nc1c(Cl)cc(Cl)cc1Cl. The average molecular weight is 357 g/mol. The van der Waals surface area contributed by atoms with Crippen LogP contribution in [-0.2, 0) is 14.6 Å². The molecular formula is C12H12Cl3NO3S. The summed E-state index contributed by atoms with van der Waals surface area (Å²) in [5, 5.41) is 3.47. The lowest BCUT2D eigenvalue weighted by Gasteiger charge is -2.11. The summed E-state index contributed by atoms with van der Waals surface area (Å²) in [6.07, 6.45) is 0.645. The van der Waals surface area contributed by atoms with E-state index in [1.807, 2.05) is 0 Å². The molecule has 1 heterocycles. The molecule has 1 fully saturated rings. The molecule has 0 bridgehead atoms. The predicted octanol–water partition coefficient (Wildman–Crippen LogP) is 3.41. The van der Waals surface area contributed by atoms with Crippen LogP contribution in [0, 0.1) is 5.92 Å². The van der Waals surface area contributed by atoms with Crippen LogP contribution in [0.4, 0.5) is 5.69 Å². The fourth-order valence-electron chi connectivity index (χ4n) is 2.15. The summed E-state index contributed by atoms with van der Waals surface area (Å²) in [5.41, 5.74) is 0.295. The maximum atomic E-state index is 11.9. The molecule has 1 saturated heterocycles. The molecule has 0 unspecified atom stereocenters. The highest BCUT2D eigenvalue weighted by molar-refractivity contribution is 7.91. The first-order chi connectivity index (χ1) is 9.27. The minimum absolute atomic E-state index is 0.0580. The van der Waals surface area contributed by atoms with Crippen LogP contribution < -0.4 is 5.32 Å². The summed E-state index contributed by atoms with van der Waals surface area (Å²) in [7, 11) is -2.99. The molecule has 1 aliphatic rings. The van der Waals surface area contributed by atoms with Crippen molar-refractivity contribution in [1.29, 1.82) is 0 Å². The number of carbonyl (C=O) groups excluding carboxylic acids is 1. The van der Waals surface area contributed by atoms with Crippen LogP contribution in [0.5, 0.6) is 0 Å². The lowest BCUT2D eigenvalue weighted by atomic mass is 10.1. The summed E-state index contributed by atoms with van der Waals surface area (Å²) in [4.78, 5) is 11.9. The standard InChI is InChI=1S/C12H12Cl3NO3S/c13-8-4-9(14)12(10(15)5-8)16-11(17)3-7-1-2-20(18,19)6-7/h4-5,7H,1-3,6H2,(H,16,17)/t7-/m0/s1. The van der Waals surface area contributed by atoms with Gasteiger partial charge in [-0.05, 0) is 24.5 Å². The Morgan fingerprint density at radius 1 is 1.25 bits per heavy atom. The van der Waals surface area contributed by atoms with Gasteiger partial charge in [-0.15, -0.1) is 0 Å². The van der Waals surface area contributed by atoms with Gasteiger partial charge in [0.15, 0.2) is 9.84 Å². The van der Waals surface area contributed by atoms with Crippen molar-refractivity contribution in [2.45, 2.75) is 12.8 Å². The monoisotopic (exact) mass is 355 g/mol. The van der Waals surface area contributed by atoms with E-state index < -0.39 is 9.84 Å². The first kappa shape index (κ1) is 15.9. The van der Waals surface area contributed by atoms with Gasteiger partial charge in [0.2, 0.25) is 5.91 Å². The molecule has 0 radical (unpaired) electrons. The van der Waals surface area contributed by atoms with E-state index >= 15 is 0 Å². The molecule has 2 rings (SSSR count). The van der Waals surface area contributed by atoms with E-state index in [-0.39, 0.29) is 39.8 Å². The lowest BCUT2D eigenvalue weighted by Crippen LogP contribution is -2.17. The summed E-state index contributed by atoms with van der Waals surface area (Å²) < 4.78 is 22.7. The van der Waals surface area contributed by atoms with E-state index in [9.17, 15) is 13.2 Å². The number of anilines is 1. The number of halogens is 3. The highest BCUT2D eigenvalue weighted by atomic mass is 35.5. The summed E-state index contributed by atoms with van der Waals surface area (Å²) in [5.74, 6) is -0.251. The van der Waals surface area contributed by atoms with E-state index in [0.29, 0.717) is 17.1 Å². The molecule has 4 nitrogen and oxygen atoms in total. The van der Waals surface area contributed by atoms with Gasteiger partial charge in [-0.3, -0.25) is 4.79 Å². The van der Waals surface area contributed by atoms with Gasteiger partial charge in [0.25, 0.3) is 0 Å². The van der Waals surface area contributed by atoms with Gasteiger partial charge in [0, 0.05) is 11.4 Å². The van der Waals surface area contributed by atoms with Gasteiger partial charge in [-0.25, -0.2) is 8.42 Å². The molecule has 1 atom stereocenters. The first-order valence-corrected chi connectivity index (χ1v) is 8.87. The van der Waals surface area contributed by atoms with Gasteiger partial charge >= 0.3 is 0 Å². The Hall–Kier alpha value is -0.490. The van der Waals surface area contributed by atoms with Crippen LogP contribution >= 0.6 is 34.8 Å². The smallest absolute Gasteiger partial charge is 0.224 e. The maximum Gasteiger partial charge on any atom is 0.224 e. The quantitative estimate of drug-likeness (QED) is 0.902. The van der Waals surface area contributed by atoms with Crippen molar-refractivity contribution in [2.75, 3.05) is 16.8 Å². The van der Waals surface area contributed by atoms with E-state index in [0.717, 1.165) is 0 Å². The number of carbonyl (C=O) groups is 1. The molecule has 0 aromatic heterocycles. The van der Waals surface area contributed by atoms with Crippen LogP contribution in [0.15, 0.2) is 12.1 Å². The molecule has 1 amide bonds. The largest absolute Gasteiger partial charge is 0.324 e. The molecule has 110 valence electrons. The van der Waals surface area contributed by atoms with Crippen LogP contribution in [0.25, 0.3) is 0 Å². The average Bonchev–Trinajstić information content (AvgIpc) is 2.63. The normalized spacial score (nSPS) is 20.9. The number of hydrogen-bond donors (Lipinski definition) is 1. The van der Waals surface area contributed by atoms with Gasteiger partial charge < -0.3 is 5.32 Å². The molecule has 0 aliphatic carbocycles. The second-order valence-corrected chi connectivity index (χ2v) is 8.25. The molecule has 1 aliphatic heterocycles. The topological polar surface area (TPSA) is 63.2 Å². The van der Waals surface area contributed by atoms with Gasteiger partial charge in [0.1, 0.15) is 0 Å². The third-order valence-electron chi connectivity index (χ3n) is 3.07. The van der Waals surface area contributed by atoms with Crippen LogP contribution in [0.3, 0.4) is 0 Å². The molecule has 20 heavy (non-hydrogen) atoms. The number of nitrogens with one attached hydrogen (secondary N) is 1. The van der Waals surface area contributed by atoms with Crippen molar-refractivity contribution in [3.63, 3.8) is 0 Å². The number of benzene rings is 1. The Bertz CT molecular complexity index is 622. The summed E-state index contributed by atoms with van der Waals surface area (Å²) >= 11 is 17.7. The zero-order valence-electron chi connectivity index (χ0n) is 10.3. The first-order valence-electron chi connectivity index (χ1n) is 5.91. The van der Waals surface area contributed by atoms with E-state index in [4.69, 9.17) is 34.8 Å². The van der Waals surface area contributed by atoms with E-state index in [1.54, 1.807) is 0 Å². The van der Waals surface area contributed by atoms with Crippen molar-refractivity contribution >= 4 is 56.2 Å². The fraction of sp³-hybridized carbons (Fsp3) is 0.417. The zero-order valence-corrected chi connectivity index (χ0v) is 13.4. The second-order valence-electron chi connectivity index (χ2n) is 4.77. The molecule has 1 N–H and O–H groups in total. The highest BCUT2D eigenvalue weighted by Gasteiger charge is 2.29. The molecule has 0 spiro atoms. The Balaban J connectivity index is 2.02. The third-order valence-corrected chi connectivity index (χ3v) is 5.72. The van der Waals surface area contributed by atoms with Crippen molar-refractivity contribution in [1.82, 2.24) is 0 Å². The molecule has 1 aromatic rings. The number of rotatable bonds is 3. The zero-order chi connectivity index (χ0) is 14.9. The van der Waals surface area contributed by atoms with E-state index in [2.05, 4.69) is 5.32 Å². The van der Waals surface area contributed by atoms with Gasteiger partial charge in [-0.2, -0.15) is 0 Å². The number of hydrogen-bond acceptors (Lipinski definition) is 3. The van der Waals surface area contributed by atoms with Crippen LogP contribution in [-0.4, -0.2) is 25.8 Å². The number of sulfone groups is 1. The molecule has 8 heteroatoms. The molecule has 0 saturated carbocycles. The van der Waals surface area contributed by atoms with Crippen molar-refractivity contribution < 1.29 is 13.2 Å². The third kappa shape index (κ3) is 4.01. The summed E-state index contributed by atoms with van der Waals surface area (Å²) in [6.45, 7) is 0. The minimum atomic E-state index is -2.99. The van der Waals surface area contributed by atoms with Crippen molar-refractivity contribution in [2.24, 2.45) is 5.92 Å². The number of amides is 1. The lowest BCUT2D eigenvalue weighted by molar-refractivity contribution is -0.116. The fourth-order valence-corrected chi connectivity index (χ4v) is 4.92. The van der Waals surface area contributed by atoms with Crippen molar-refractivity contribution in [3.8, 4) is 0 Å². The van der Waals surface area contributed by atoms with Crippen LogP contribution in [0.2, 0.25) is 15.1 Å². The highest BCUT2D eigenvalue weighted by Crippen LogP contribution is 2.34. The summed E-state index contributed by atoms with van der Waals surface area (Å²) in [6, 6.07) is 2.95. The van der Waals surface area contributed by atoms with Gasteiger partial charge in [0.05, 0.1) is 27.2 Å². The molecular weight excluding hydrogens is 345 g/mol. The van der Waals surface area contributed by atoms with Crippen molar-refractivity contribution in [3.05, 3.63) is 27.2 Å². The second kappa shape index (κ2) is 6.10. The Kier molecular flexibility index (Phi) is 4.84.